The summed E-state index contributed by atoms with van der Waals surface area (Å²) >= 11 is 3.36. The maximum absolute atomic E-state index is 13.1. The zero-order valence-electron chi connectivity index (χ0n) is 17.0. The van der Waals surface area contributed by atoms with E-state index in [9.17, 15) is 9.59 Å². The molecule has 0 atom stereocenters. The van der Waals surface area contributed by atoms with E-state index in [4.69, 9.17) is 4.74 Å². The van der Waals surface area contributed by atoms with Crippen molar-refractivity contribution in [2.24, 2.45) is 5.10 Å². The number of hydrogen-bond donors (Lipinski definition) is 2. The Labute approximate surface area is 182 Å². The number of benzene rings is 2. The molecule has 0 unspecified atom stereocenters. The molecule has 1 aromatic heterocycles. The lowest BCUT2D eigenvalue weighted by molar-refractivity contribution is 0.0954. The van der Waals surface area contributed by atoms with Crippen molar-refractivity contribution in [3.63, 3.8) is 0 Å². The van der Waals surface area contributed by atoms with Gasteiger partial charge in [0, 0.05) is 10.2 Å². The Balaban J connectivity index is 1.94. The number of aromatic nitrogens is 2. The largest absolute Gasteiger partial charge is 0.497 e. The van der Waals surface area contributed by atoms with E-state index in [1.54, 1.807) is 56.5 Å². The lowest BCUT2D eigenvalue weighted by atomic mass is 10.1. The lowest BCUT2D eigenvalue weighted by Gasteiger charge is -2.04. The van der Waals surface area contributed by atoms with Gasteiger partial charge in [-0.2, -0.15) is 5.10 Å². The van der Waals surface area contributed by atoms with Crippen molar-refractivity contribution in [2.75, 3.05) is 7.11 Å². The quantitative estimate of drug-likeness (QED) is 0.403. The first kappa shape index (κ1) is 21.6. The molecule has 8 heteroatoms. The van der Waals surface area contributed by atoms with E-state index >= 15 is 0 Å². The van der Waals surface area contributed by atoms with Gasteiger partial charge in [0.15, 0.2) is 0 Å². The Morgan fingerprint density at radius 2 is 1.90 bits per heavy atom. The highest BCUT2D eigenvalue weighted by atomic mass is 79.9. The molecule has 0 aliphatic heterocycles. The van der Waals surface area contributed by atoms with Crippen LogP contribution in [0.5, 0.6) is 5.75 Å². The van der Waals surface area contributed by atoms with Crippen LogP contribution in [0.3, 0.4) is 0 Å². The average molecular weight is 471 g/mol. The van der Waals surface area contributed by atoms with Gasteiger partial charge in [-0.1, -0.05) is 25.5 Å². The molecule has 2 aromatic carbocycles. The van der Waals surface area contributed by atoms with Gasteiger partial charge in [-0.25, -0.2) is 10.1 Å². The number of carbonyl (C=O) groups is 1. The number of hydrazone groups is 1. The molecule has 0 spiro atoms. The van der Waals surface area contributed by atoms with Gasteiger partial charge in [0.05, 0.1) is 29.6 Å². The van der Waals surface area contributed by atoms with E-state index < -0.39 is 0 Å². The normalized spacial score (nSPS) is 11.4. The highest BCUT2D eigenvalue weighted by Crippen LogP contribution is 2.17. The molecule has 1 heterocycles. The van der Waals surface area contributed by atoms with Crippen molar-refractivity contribution < 1.29 is 9.53 Å². The van der Waals surface area contributed by atoms with Gasteiger partial charge in [0.2, 0.25) is 0 Å². The van der Waals surface area contributed by atoms with Gasteiger partial charge in [0.1, 0.15) is 5.75 Å². The number of hydrogen-bond acceptors (Lipinski definition) is 4. The van der Waals surface area contributed by atoms with E-state index in [0.717, 1.165) is 12.1 Å². The zero-order chi connectivity index (χ0) is 21.7. The van der Waals surface area contributed by atoms with Crippen molar-refractivity contribution in [1.82, 2.24) is 15.2 Å². The van der Waals surface area contributed by atoms with Crippen molar-refractivity contribution in [3.05, 3.63) is 80.2 Å². The van der Waals surface area contributed by atoms with Gasteiger partial charge in [-0.05, 0) is 65.7 Å². The van der Waals surface area contributed by atoms with Crippen molar-refractivity contribution in [2.45, 2.75) is 26.7 Å². The van der Waals surface area contributed by atoms with Gasteiger partial charge in [-0.15, -0.1) is 0 Å². The number of nitrogens with zero attached hydrogens (tertiary/aromatic N) is 2. The number of aromatic amines is 1. The number of ether oxygens (including phenoxy) is 1. The molecular formula is C22H23BrN4O3. The summed E-state index contributed by atoms with van der Waals surface area (Å²) in [5, 5.41) is 7.37. The molecule has 30 heavy (non-hydrogen) atoms. The number of H-pyrrole nitrogens is 1. The molecular weight excluding hydrogens is 448 g/mol. The van der Waals surface area contributed by atoms with E-state index in [-0.39, 0.29) is 11.5 Å². The van der Waals surface area contributed by atoms with Gasteiger partial charge in [0.25, 0.3) is 11.5 Å². The number of rotatable bonds is 7. The van der Waals surface area contributed by atoms with Crippen LogP contribution in [-0.4, -0.2) is 28.5 Å². The van der Waals surface area contributed by atoms with Gasteiger partial charge >= 0.3 is 0 Å². The Morgan fingerprint density at radius 3 is 2.53 bits per heavy atom. The van der Waals surface area contributed by atoms with E-state index in [1.807, 2.05) is 13.0 Å². The fourth-order valence-electron chi connectivity index (χ4n) is 3.10. The van der Waals surface area contributed by atoms with Crippen LogP contribution in [0, 0.1) is 0 Å². The summed E-state index contributed by atoms with van der Waals surface area (Å²) in [6, 6.07) is 14.3. The molecule has 1 amide bonds. The number of nitrogens with one attached hydrogen (secondary N) is 2. The van der Waals surface area contributed by atoms with Gasteiger partial charge in [-0.3, -0.25) is 14.7 Å². The summed E-state index contributed by atoms with van der Waals surface area (Å²) in [7, 11) is 1.59. The molecule has 0 radical (unpaired) electrons. The molecule has 3 rings (SSSR count). The second kappa shape index (κ2) is 9.58. The molecule has 0 aliphatic rings. The summed E-state index contributed by atoms with van der Waals surface area (Å²) in [5.41, 5.74) is 5.14. The maximum atomic E-state index is 13.1. The standard InChI is InChI=1S/C22H23BrN4O3/c1-4-7-19-20(14(2)24-25-21(28)17-8-5-6-9-18(17)23)22(29)27(26-19)15-10-12-16(30-3)13-11-15/h5-6,8-13,26H,4,7H2,1-3H3,(H,25,28)/b24-14+. The Morgan fingerprint density at radius 1 is 1.20 bits per heavy atom. The summed E-state index contributed by atoms with van der Waals surface area (Å²) in [4.78, 5) is 25.6. The Bertz CT molecular complexity index is 1130. The topological polar surface area (TPSA) is 88.5 Å². The van der Waals surface area contributed by atoms with Crippen molar-refractivity contribution in [1.29, 1.82) is 0 Å². The minimum absolute atomic E-state index is 0.222. The van der Waals surface area contributed by atoms with Crippen molar-refractivity contribution in [3.8, 4) is 11.4 Å². The van der Waals surface area contributed by atoms with E-state index in [2.05, 4.69) is 31.6 Å². The summed E-state index contributed by atoms with van der Waals surface area (Å²) in [6.45, 7) is 3.75. The predicted octanol–water partition coefficient (Wildman–Crippen LogP) is 4.04. The second-order valence-corrected chi connectivity index (χ2v) is 7.53. The molecule has 0 saturated carbocycles. The summed E-state index contributed by atoms with van der Waals surface area (Å²) < 4.78 is 7.33. The third-order valence-corrected chi connectivity index (χ3v) is 5.29. The second-order valence-electron chi connectivity index (χ2n) is 6.67. The minimum Gasteiger partial charge on any atom is -0.497 e. The predicted molar refractivity (Wildman–Crippen MR) is 121 cm³/mol. The fourth-order valence-corrected chi connectivity index (χ4v) is 3.56. The van der Waals surface area contributed by atoms with Gasteiger partial charge < -0.3 is 4.74 Å². The molecule has 0 aliphatic carbocycles. The van der Waals surface area contributed by atoms with Crippen LogP contribution in [-0.2, 0) is 6.42 Å². The molecule has 7 nitrogen and oxygen atoms in total. The van der Waals surface area contributed by atoms with Crippen LogP contribution < -0.4 is 15.7 Å². The fraction of sp³-hybridized carbons (Fsp3) is 0.227. The zero-order valence-corrected chi connectivity index (χ0v) is 18.6. The van der Waals surface area contributed by atoms with Crippen LogP contribution in [0.2, 0.25) is 0 Å². The highest BCUT2D eigenvalue weighted by molar-refractivity contribution is 9.10. The molecule has 0 fully saturated rings. The monoisotopic (exact) mass is 470 g/mol. The third kappa shape index (κ3) is 4.54. The maximum Gasteiger partial charge on any atom is 0.280 e. The van der Waals surface area contributed by atoms with Crippen LogP contribution in [0.1, 0.15) is 41.9 Å². The molecule has 2 N–H and O–H groups in total. The lowest BCUT2D eigenvalue weighted by Crippen LogP contribution is -2.23. The van der Waals surface area contributed by atoms with Crippen molar-refractivity contribution >= 4 is 27.5 Å². The average Bonchev–Trinajstić information content (AvgIpc) is 3.08. The molecule has 156 valence electrons. The number of aryl methyl sites for hydroxylation is 1. The third-order valence-electron chi connectivity index (χ3n) is 4.60. The van der Waals surface area contributed by atoms with Crippen LogP contribution in [0.4, 0.5) is 0 Å². The number of halogens is 1. The molecule has 0 bridgehead atoms. The first-order valence-corrected chi connectivity index (χ1v) is 10.3. The smallest absolute Gasteiger partial charge is 0.280 e. The molecule has 3 aromatic rings. The first-order chi connectivity index (χ1) is 14.5. The molecule has 0 saturated heterocycles. The minimum atomic E-state index is -0.357. The van der Waals surface area contributed by atoms with Crippen LogP contribution in [0.25, 0.3) is 5.69 Å². The highest BCUT2D eigenvalue weighted by Gasteiger charge is 2.18. The Kier molecular flexibility index (Phi) is 6.89. The first-order valence-electron chi connectivity index (χ1n) is 9.54. The Hall–Kier alpha value is -3.13. The summed E-state index contributed by atoms with van der Waals surface area (Å²) in [5.74, 6) is 0.352. The number of methoxy groups -OCH3 is 1. The summed E-state index contributed by atoms with van der Waals surface area (Å²) in [6.07, 6.45) is 1.53. The van der Waals surface area contributed by atoms with E-state index in [0.29, 0.717) is 39.2 Å². The van der Waals surface area contributed by atoms with E-state index in [1.165, 1.54) is 4.68 Å². The number of carbonyl (C=O) groups excluding carboxylic acids is 1. The SMILES string of the molecule is CCCc1[nH]n(-c2ccc(OC)cc2)c(=O)c1/C(C)=N/NC(=O)c1ccccc1Br. The number of amides is 1. The van der Waals surface area contributed by atoms with Crippen LogP contribution >= 0.6 is 15.9 Å². The van der Waals surface area contributed by atoms with Crippen LogP contribution in [0.15, 0.2) is 62.9 Å².